The SMILES string of the molecule is COc1ccc(P(=O)(OCCN(C)C)c2ccccc2)cc1. The van der Waals surface area contributed by atoms with Crippen LogP contribution in [0.3, 0.4) is 0 Å². The Hall–Kier alpha value is -1.61. The second-order valence-electron chi connectivity index (χ2n) is 5.22. The fourth-order valence-electron chi connectivity index (χ4n) is 2.05. The second kappa shape index (κ2) is 7.59. The third kappa shape index (κ3) is 3.98. The summed E-state index contributed by atoms with van der Waals surface area (Å²) in [6.07, 6.45) is 0. The average Bonchev–Trinajstić information content (AvgIpc) is 2.55. The first-order chi connectivity index (χ1) is 10.6. The van der Waals surface area contributed by atoms with Crippen molar-refractivity contribution >= 4 is 18.0 Å². The van der Waals surface area contributed by atoms with Gasteiger partial charge in [-0.05, 0) is 50.5 Å². The fraction of sp³-hybridized carbons (Fsp3) is 0.294. The lowest BCUT2D eigenvalue weighted by Crippen LogP contribution is -2.23. The lowest BCUT2D eigenvalue weighted by Gasteiger charge is -2.21. The highest BCUT2D eigenvalue weighted by atomic mass is 31.2. The molecule has 22 heavy (non-hydrogen) atoms. The summed E-state index contributed by atoms with van der Waals surface area (Å²) in [6.45, 7) is 1.12. The highest BCUT2D eigenvalue weighted by Crippen LogP contribution is 2.44. The maximum atomic E-state index is 13.5. The van der Waals surface area contributed by atoms with Gasteiger partial charge in [0.15, 0.2) is 0 Å². The van der Waals surface area contributed by atoms with E-state index in [1.165, 1.54) is 0 Å². The normalized spacial score (nSPS) is 13.8. The molecule has 0 aliphatic heterocycles. The van der Waals surface area contributed by atoms with E-state index < -0.39 is 7.37 Å². The zero-order valence-electron chi connectivity index (χ0n) is 13.2. The van der Waals surface area contributed by atoms with Crippen molar-refractivity contribution in [3.63, 3.8) is 0 Å². The molecule has 0 aliphatic rings. The van der Waals surface area contributed by atoms with Gasteiger partial charge >= 0.3 is 0 Å². The van der Waals surface area contributed by atoms with Crippen LogP contribution in [-0.2, 0) is 9.09 Å². The highest BCUT2D eigenvalue weighted by Gasteiger charge is 2.28. The molecule has 4 nitrogen and oxygen atoms in total. The number of hydrogen-bond donors (Lipinski definition) is 0. The van der Waals surface area contributed by atoms with Crippen LogP contribution in [0.1, 0.15) is 0 Å². The molecule has 0 heterocycles. The zero-order chi connectivity index (χ0) is 16.0. The number of benzene rings is 2. The van der Waals surface area contributed by atoms with Gasteiger partial charge in [-0.1, -0.05) is 18.2 Å². The third-order valence-electron chi connectivity index (χ3n) is 3.32. The summed E-state index contributed by atoms with van der Waals surface area (Å²) in [5.41, 5.74) is 0. The molecule has 0 aromatic heterocycles. The minimum absolute atomic E-state index is 0.408. The van der Waals surface area contributed by atoms with Crippen LogP contribution in [-0.4, -0.2) is 39.3 Å². The van der Waals surface area contributed by atoms with Gasteiger partial charge in [-0.3, -0.25) is 4.57 Å². The molecule has 0 saturated heterocycles. The van der Waals surface area contributed by atoms with Crippen molar-refractivity contribution in [3.8, 4) is 5.75 Å². The lowest BCUT2D eigenvalue weighted by atomic mass is 10.3. The predicted molar refractivity (Wildman–Crippen MR) is 90.8 cm³/mol. The van der Waals surface area contributed by atoms with Gasteiger partial charge in [-0.2, -0.15) is 0 Å². The van der Waals surface area contributed by atoms with Gasteiger partial charge in [0.05, 0.1) is 13.7 Å². The summed E-state index contributed by atoms with van der Waals surface area (Å²) < 4.78 is 24.5. The van der Waals surface area contributed by atoms with Crippen molar-refractivity contribution in [3.05, 3.63) is 54.6 Å². The van der Waals surface area contributed by atoms with E-state index in [0.29, 0.717) is 23.8 Å². The number of rotatable bonds is 7. The first-order valence-corrected chi connectivity index (χ1v) is 8.78. The number of ether oxygens (including phenoxy) is 1. The number of likely N-dealkylation sites (N-methyl/N-ethyl adjacent to an activating group) is 1. The molecule has 2 rings (SSSR count). The molecule has 0 spiro atoms. The molecule has 0 saturated carbocycles. The summed E-state index contributed by atoms with van der Waals surface area (Å²) in [5, 5.41) is 1.39. The molecule has 0 bridgehead atoms. The van der Waals surface area contributed by atoms with Gasteiger partial charge in [0.1, 0.15) is 5.75 Å². The molecule has 0 fully saturated rings. The first-order valence-electron chi connectivity index (χ1n) is 7.16. The van der Waals surface area contributed by atoms with Crippen LogP contribution in [0.4, 0.5) is 0 Å². The molecule has 118 valence electrons. The van der Waals surface area contributed by atoms with Crippen molar-refractivity contribution in [2.45, 2.75) is 0 Å². The molecule has 2 aromatic rings. The van der Waals surface area contributed by atoms with Crippen LogP contribution in [0.5, 0.6) is 5.75 Å². The second-order valence-corrected chi connectivity index (χ2v) is 7.62. The van der Waals surface area contributed by atoms with E-state index >= 15 is 0 Å². The van der Waals surface area contributed by atoms with Crippen molar-refractivity contribution in [1.82, 2.24) is 4.90 Å². The van der Waals surface area contributed by atoms with Crippen molar-refractivity contribution in [2.75, 3.05) is 34.4 Å². The van der Waals surface area contributed by atoms with Crippen molar-refractivity contribution in [1.29, 1.82) is 0 Å². The molecule has 1 atom stereocenters. The van der Waals surface area contributed by atoms with E-state index in [1.807, 2.05) is 61.5 Å². The van der Waals surface area contributed by atoms with E-state index in [9.17, 15) is 4.57 Å². The minimum Gasteiger partial charge on any atom is -0.497 e. The fourth-order valence-corrected chi connectivity index (χ4v) is 4.09. The van der Waals surface area contributed by atoms with Gasteiger partial charge in [-0.25, -0.2) is 0 Å². The smallest absolute Gasteiger partial charge is 0.261 e. The summed E-state index contributed by atoms with van der Waals surface area (Å²) >= 11 is 0. The Labute approximate surface area is 132 Å². The van der Waals surface area contributed by atoms with Crippen molar-refractivity contribution in [2.24, 2.45) is 0 Å². The van der Waals surface area contributed by atoms with E-state index in [1.54, 1.807) is 19.2 Å². The number of hydrogen-bond acceptors (Lipinski definition) is 4. The molecule has 2 aromatic carbocycles. The molecule has 5 heteroatoms. The molecule has 0 N–H and O–H groups in total. The topological polar surface area (TPSA) is 38.8 Å². The third-order valence-corrected chi connectivity index (χ3v) is 5.82. The Bertz CT molecular complexity index is 626. The van der Waals surface area contributed by atoms with Gasteiger partial charge in [-0.15, -0.1) is 0 Å². The first kappa shape index (κ1) is 16.8. The van der Waals surface area contributed by atoms with Gasteiger partial charge in [0.2, 0.25) is 0 Å². The standard InChI is InChI=1S/C17H22NO3P/c1-18(2)13-14-21-22(19,16-7-5-4-6-8-16)17-11-9-15(20-3)10-12-17/h4-12H,13-14H2,1-3H3. The molecular formula is C17H22NO3P. The summed E-state index contributed by atoms with van der Waals surface area (Å²) in [7, 11) is 2.44. The maximum absolute atomic E-state index is 13.5. The summed E-state index contributed by atoms with van der Waals surface area (Å²) in [5.74, 6) is 0.733. The van der Waals surface area contributed by atoms with Crippen LogP contribution in [0, 0.1) is 0 Å². The number of nitrogens with zero attached hydrogens (tertiary/aromatic N) is 1. The molecule has 0 radical (unpaired) electrons. The zero-order valence-corrected chi connectivity index (χ0v) is 14.1. The van der Waals surface area contributed by atoms with E-state index in [2.05, 4.69) is 0 Å². The lowest BCUT2D eigenvalue weighted by molar-refractivity contribution is 0.269. The molecular weight excluding hydrogens is 297 g/mol. The Morgan fingerprint density at radius 2 is 1.55 bits per heavy atom. The molecule has 0 amide bonds. The molecule has 1 unspecified atom stereocenters. The largest absolute Gasteiger partial charge is 0.497 e. The quantitative estimate of drug-likeness (QED) is 0.735. The van der Waals surface area contributed by atoms with Crippen molar-refractivity contribution < 1.29 is 13.8 Å². The summed E-state index contributed by atoms with van der Waals surface area (Å²) in [6, 6.07) is 16.6. The van der Waals surface area contributed by atoms with Gasteiger partial charge < -0.3 is 14.2 Å². The van der Waals surface area contributed by atoms with Gasteiger partial charge in [0, 0.05) is 17.2 Å². The van der Waals surface area contributed by atoms with Gasteiger partial charge in [0.25, 0.3) is 7.37 Å². The maximum Gasteiger partial charge on any atom is 0.261 e. The Morgan fingerprint density at radius 1 is 0.955 bits per heavy atom. The van der Waals surface area contributed by atoms with Crippen LogP contribution in [0.2, 0.25) is 0 Å². The Kier molecular flexibility index (Phi) is 5.78. The van der Waals surface area contributed by atoms with E-state index in [0.717, 1.165) is 5.75 Å². The van der Waals surface area contributed by atoms with Crippen LogP contribution in [0.15, 0.2) is 54.6 Å². The average molecular weight is 319 g/mol. The number of methoxy groups -OCH3 is 1. The van der Waals surface area contributed by atoms with E-state index in [4.69, 9.17) is 9.26 Å². The highest BCUT2D eigenvalue weighted by molar-refractivity contribution is 7.74. The minimum atomic E-state index is -3.09. The monoisotopic (exact) mass is 319 g/mol. The Morgan fingerprint density at radius 3 is 2.09 bits per heavy atom. The summed E-state index contributed by atoms with van der Waals surface area (Å²) in [4.78, 5) is 2.00. The molecule has 0 aliphatic carbocycles. The van der Waals surface area contributed by atoms with Crippen LogP contribution >= 0.6 is 7.37 Å². The van der Waals surface area contributed by atoms with E-state index in [-0.39, 0.29) is 0 Å². The van der Waals surface area contributed by atoms with Crippen LogP contribution < -0.4 is 15.3 Å². The Balaban J connectivity index is 2.34. The van der Waals surface area contributed by atoms with Crippen LogP contribution in [0.25, 0.3) is 0 Å². The predicted octanol–water partition coefficient (Wildman–Crippen LogP) is 2.50.